The third-order valence-electron chi connectivity index (χ3n) is 2.83. The van der Waals surface area contributed by atoms with Gasteiger partial charge in [0.1, 0.15) is 11.9 Å². The highest BCUT2D eigenvalue weighted by molar-refractivity contribution is 5.86. The van der Waals surface area contributed by atoms with Crippen molar-refractivity contribution in [3.63, 3.8) is 0 Å². The van der Waals surface area contributed by atoms with Crippen molar-refractivity contribution in [2.75, 3.05) is 24.6 Å². The van der Waals surface area contributed by atoms with E-state index in [1.165, 1.54) is 12.1 Å². The Hall–Kier alpha value is -2.38. The van der Waals surface area contributed by atoms with Crippen molar-refractivity contribution < 1.29 is 9.72 Å². The number of anilines is 2. The van der Waals surface area contributed by atoms with Crippen LogP contribution in [0.3, 0.4) is 0 Å². The summed E-state index contributed by atoms with van der Waals surface area (Å²) in [4.78, 5) is 27.4. The van der Waals surface area contributed by atoms with Crippen molar-refractivity contribution in [3.8, 4) is 0 Å². The fourth-order valence-electron chi connectivity index (χ4n) is 1.84. The number of carbonyl (C=O) groups is 1. The third kappa shape index (κ3) is 2.17. The second-order valence-corrected chi connectivity index (χ2v) is 4.11. The predicted octanol–water partition coefficient (Wildman–Crippen LogP) is 0.215. The second-order valence-electron chi connectivity index (χ2n) is 4.11. The van der Waals surface area contributed by atoms with Gasteiger partial charge in [0, 0.05) is 19.7 Å². The molecule has 1 aliphatic rings. The number of pyridine rings is 1. The zero-order valence-corrected chi connectivity index (χ0v) is 9.79. The van der Waals surface area contributed by atoms with Gasteiger partial charge in [0.25, 0.3) is 0 Å². The lowest BCUT2D eigenvalue weighted by Crippen LogP contribution is -2.31. The van der Waals surface area contributed by atoms with Crippen LogP contribution in [0.15, 0.2) is 12.1 Å². The number of amides is 1. The van der Waals surface area contributed by atoms with Crippen molar-refractivity contribution in [1.82, 2.24) is 9.88 Å². The molecular formula is C10H13N5O3. The first kappa shape index (κ1) is 12.1. The highest BCUT2D eigenvalue weighted by atomic mass is 16.6. The zero-order chi connectivity index (χ0) is 13.3. The van der Waals surface area contributed by atoms with Gasteiger partial charge in [-0.2, -0.15) is 0 Å². The normalized spacial score (nSPS) is 19.1. The summed E-state index contributed by atoms with van der Waals surface area (Å²) >= 11 is 0. The topological polar surface area (TPSA) is 114 Å². The minimum atomic E-state index is -0.558. The van der Waals surface area contributed by atoms with Crippen molar-refractivity contribution in [2.45, 2.75) is 12.5 Å². The summed E-state index contributed by atoms with van der Waals surface area (Å²) < 4.78 is 0. The molecule has 2 rings (SSSR count). The largest absolute Gasteiger partial charge is 0.384 e. The minimum absolute atomic E-state index is 0.0358. The maximum Gasteiger partial charge on any atom is 0.311 e. The molecule has 8 heteroatoms. The van der Waals surface area contributed by atoms with Crippen molar-refractivity contribution >= 4 is 23.2 Å². The quantitative estimate of drug-likeness (QED) is 0.586. The smallest absolute Gasteiger partial charge is 0.311 e. The number of nitrogen functional groups attached to an aromatic ring is 1. The number of hydrogen-bond acceptors (Lipinski definition) is 6. The molecule has 3 N–H and O–H groups in total. The number of hydrogen-bond donors (Lipinski definition) is 2. The van der Waals surface area contributed by atoms with E-state index >= 15 is 0 Å². The van der Waals surface area contributed by atoms with E-state index in [-0.39, 0.29) is 23.2 Å². The monoisotopic (exact) mass is 251 g/mol. The number of nitro groups is 1. The maximum absolute atomic E-state index is 11.7. The van der Waals surface area contributed by atoms with Crippen LogP contribution in [0.1, 0.15) is 6.42 Å². The molecule has 0 aliphatic carbocycles. The van der Waals surface area contributed by atoms with Gasteiger partial charge in [-0.15, -0.1) is 0 Å². The molecule has 1 aliphatic heterocycles. The molecule has 1 amide bonds. The Morgan fingerprint density at radius 1 is 1.61 bits per heavy atom. The summed E-state index contributed by atoms with van der Waals surface area (Å²) in [7, 11) is 1.69. The molecule has 1 aromatic rings. The molecule has 1 atom stereocenters. The fourth-order valence-corrected chi connectivity index (χ4v) is 1.84. The Labute approximate surface area is 103 Å². The Balaban J connectivity index is 2.25. The Morgan fingerprint density at radius 3 is 2.89 bits per heavy atom. The summed E-state index contributed by atoms with van der Waals surface area (Å²) in [6.07, 6.45) is 0.586. The van der Waals surface area contributed by atoms with Gasteiger partial charge in [-0.05, 0) is 12.5 Å². The number of likely N-dealkylation sites (N-methyl/N-ethyl adjacent to an activating group) is 1. The van der Waals surface area contributed by atoms with E-state index in [0.29, 0.717) is 13.0 Å². The van der Waals surface area contributed by atoms with Crippen LogP contribution in [0.25, 0.3) is 0 Å². The molecule has 18 heavy (non-hydrogen) atoms. The first-order valence-corrected chi connectivity index (χ1v) is 5.41. The van der Waals surface area contributed by atoms with Gasteiger partial charge in [0.05, 0.1) is 4.92 Å². The lowest BCUT2D eigenvalue weighted by Gasteiger charge is -2.12. The van der Waals surface area contributed by atoms with Crippen LogP contribution in [0, 0.1) is 10.1 Å². The number of nitrogens with two attached hydrogens (primary N) is 1. The average Bonchev–Trinajstić information content (AvgIpc) is 2.61. The summed E-state index contributed by atoms with van der Waals surface area (Å²) in [5.74, 6) is 0.101. The number of nitrogens with zero attached hydrogens (tertiary/aromatic N) is 3. The van der Waals surface area contributed by atoms with Gasteiger partial charge >= 0.3 is 5.69 Å². The Bertz CT molecular complexity index is 504. The van der Waals surface area contributed by atoms with Crippen LogP contribution in [0.5, 0.6) is 0 Å². The van der Waals surface area contributed by atoms with Crippen LogP contribution in [0.4, 0.5) is 17.3 Å². The van der Waals surface area contributed by atoms with Gasteiger partial charge in [0.15, 0.2) is 0 Å². The van der Waals surface area contributed by atoms with Crippen LogP contribution in [-0.4, -0.2) is 40.3 Å². The van der Waals surface area contributed by atoms with E-state index in [1.54, 1.807) is 11.9 Å². The van der Waals surface area contributed by atoms with Crippen LogP contribution < -0.4 is 11.1 Å². The fraction of sp³-hybridized carbons (Fsp3) is 0.400. The lowest BCUT2D eigenvalue weighted by atomic mass is 10.2. The van der Waals surface area contributed by atoms with Gasteiger partial charge in [-0.1, -0.05) is 0 Å². The number of carbonyl (C=O) groups excluding carboxylic acids is 1. The molecule has 0 bridgehead atoms. The van der Waals surface area contributed by atoms with Gasteiger partial charge in [-0.25, -0.2) is 4.98 Å². The second kappa shape index (κ2) is 4.47. The van der Waals surface area contributed by atoms with Crippen LogP contribution in [-0.2, 0) is 4.79 Å². The molecule has 8 nitrogen and oxygen atoms in total. The molecule has 1 saturated heterocycles. The van der Waals surface area contributed by atoms with E-state index in [2.05, 4.69) is 10.3 Å². The first-order valence-electron chi connectivity index (χ1n) is 5.41. The van der Waals surface area contributed by atoms with Gasteiger partial charge in [0.2, 0.25) is 11.7 Å². The van der Waals surface area contributed by atoms with Crippen molar-refractivity contribution in [1.29, 1.82) is 0 Å². The maximum atomic E-state index is 11.7. The molecule has 1 unspecified atom stereocenters. The SMILES string of the molecule is CN1CCC(Nc2nc(N)ccc2[N+](=O)[O-])C1=O. The molecule has 96 valence electrons. The van der Waals surface area contributed by atoms with Gasteiger partial charge in [-0.3, -0.25) is 14.9 Å². The molecule has 2 heterocycles. The summed E-state index contributed by atoms with van der Waals surface area (Å²) in [6.45, 7) is 0.618. The van der Waals surface area contributed by atoms with E-state index in [9.17, 15) is 14.9 Å². The van der Waals surface area contributed by atoms with E-state index < -0.39 is 11.0 Å². The van der Waals surface area contributed by atoms with E-state index in [4.69, 9.17) is 5.73 Å². The molecule has 0 spiro atoms. The lowest BCUT2D eigenvalue weighted by molar-refractivity contribution is -0.384. The van der Waals surface area contributed by atoms with Crippen LogP contribution in [0.2, 0.25) is 0 Å². The first-order chi connectivity index (χ1) is 8.49. The molecule has 1 aromatic heterocycles. The number of likely N-dealkylation sites (tertiary alicyclic amines) is 1. The predicted molar refractivity (Wildman–Crippen MR) is 65.0 cm³/mol. The Morgan fingerprint density at radius 2 is 2.33 bits per heavy atom. The van der Waals surface area contributed by atoms with Gasteiger partial charge < -0.3 is 16.0 Å². The molecule has 0 radical (unpaired) electrons. The molecule has 0 saturated carbocycles. The number of aromatic nitrogens is 1. The highest BCUT2D eigenvalue weighted by Gasteiger charge is 2.31. The van der Waals surface area contributed by atoms with Crippen molar-refractivity contribution in [2.24, 2.45) is 0 Å². The van der Waals surface area contributed by atoms with Crippen LogP contribution >= 0.6 is 0 Å². The number of rotatable bonds is 3. The molecule has 0 aromatic carbocycles. The summed E-state index contributed by atoms with van der Waals surface area (Å²) in [5.41, 5.74) is 5.31. The summed E-state index contributed by atoms with van der Waals surface area (Å²) in [6, 6.07) is 2.14. The van der Waals surface area contributed by atoms with E-state index in [0.717, 1.165) is 0 Å². The number of nitrogens with one attached hydrogen (secondary N) is 1. The zero-order valence-electron chi connectivity index (χ0n) is 9.79. The third-order valence-corrected chi connectivity index (χ3v) is 2.83. The molecular weight excluding hydrogens is 238 g/mol. The van der Waals surface area contributed by atoms with E-state index in [1.807, 2.05) is 0 Å². The Kier molecular flexibility index (Phi) is 3.00. The summed E-state index contributed by atoms with van der Waals surface area (Å²) in [5, 5.41) is 13.6. The average molecular weight is 251 g/mol. The molecule has 1 fully saturated rings. The standard InChI is InChI=1S/C10H13N5O3/c1-14-5-4-6(10(14)16)12-9-7(15(17)18)2-3-8(11)13-9/h2-3,6H,4-5H2,1H3,(H3,11,12,13). The van der Waals surface area contributed by atoms with Crippen molar-refractivity contribution in [3.05, 3.63) is 22.2 Å². The highest BCUT2D eigenvalue weighted by Crippen LogP contribution is 2.25. The minimum Gasteiger partial charge on any atom is -0.384 e.